The molecular formula is C21H20N4O4S. The minimum atomic E-state index is -3.90. The molecule has 0 saturated heterocycles. The molecule has 2 amide bonds. The Kier molecular flexibility index (Phi) is 6.12. The summed E-state index contributed by atoms with van der Waals surface area (Å²) < 4.78 is 27.9. The van der Waals surface area contributed by atoms with Gasteiger partial charge < -0.3 is 0 Å². The van der Waals surface area contributed by atoms with E-state index in [2.05, 4.69) is 20.6 Å². The summed E-state index contributed by atoms with van der Waals surface area (Å²) in [6.07, 6.45) is 2.88. The van der Waals surface area contributed by atoms with Gasteiger partial charge in [-0.15, -0.1) is 0 Å². The minimum absolute atomic E-state index is 0.0718. The van der Waals surface area contributed by atoms with Crippen LogP contribution in [0.25, 0.3) is 0 Å². The number of hydrazine groups is 1. The van der Waals surface area contributed by atoms with Gasteiger partial charge in [0, 0.05) is 23.6 Å². The molecule has 9 heteroatoms. The van der Waals surface area contributed by atoms with Crippen LogP contribution in [0.3, 0.4) is 0 Å². The SMILES string of the molecule is Cc1ccc(NS(=O)(=O)c2ccc(C)c(C(=O)NNC(=O)c3cccnc3)c2)cc1. The summed E-state index contributed by atoms with van der Waals surface area (Å²) in [6.45, 7) is 3.57. The van der Waals surface area contributed by atoms with Gasteiger partial charge in [-0.2, -0.15) is 0 Å². The number of nitrogens with one attached hydrogen (secondary N) is 3. The van der Waals surface area contributed by atoms with Crippen LogP contribution in [0.1, 0.15) is 31.8 Å². The van der Waals surface area contributed by atoms with E-state index in [0.29, 0.717) is 11.3 Å². The monoisotopic (exact) mass is 424 g/mol. The largest absolute Gasteiger partial charge is 0.280 e. The van der Waals surface area contributed by atoms with Crippen molar-refractivity contribution in [3.63, 3.8) is 0 Å². The number of hydrogen-bond donors (Lipinski definition) is 3. The van der Waals surface area contributed by atoms with Crippen molar-refractivity contribution < 1.29 is 18.0 Å². The maximum atomic E-state index is 12.7. The van der Waals surface area contributed by atoms with Crippen molar-refractivity contribution in [2.45, 2.75) is 18.7 Å². The second-order valence-electron chi connectivity index (χ2n) is 6.60. The average molecular weight is 424 g/mol. The summed E-state index contributed by atoms with van der Waals surface area (Å²) in [5.74, 6) is -1.18. The molecule has 0 aliphatic carbocycles. The Morgan fingerprint density at radius 1 is 0.900 bits per heavy atom. The number of hydrogen-bond acceptors (Lipinski definition) is 5. The third kappa shape index (κ3) is 5.00. The lowest BCUT2D eigenvalue weighted by Gasteiger charge is -2.12. The van der Waals surface area contributed by atoms with Crippen LogP contribution in [-0.4, -0.2) is 25.2 Å². The van der Waals surface area contributed by atoms with E-state index >= 15 is 0 Å². The molecular weight excluding hydrogens is 404 g/mol. The molecule has 0 atom stereocenters. The van der Waals surface area contributed by atoms with E-state index in [1.54, 1.807) is 43.3 Å². The quantitative estimate of drug-likeness (QED) is 0.544. The Hall–Kier alpha value is -3.72. The standard InChI is InChI=1S/C21H20N4O4S/c1-14-5-8-17(9-6-14)25-30(28,29)18-10-7-15(2)19(12-18)21(27)24-23-20(26)16-4-3-11-22-13-16/h3-13,25H,1-2H3,(H,23,26)(H,24,27). The molecule has 0 radical (unpaired) electrons. The van der Waals surface area contributed by atoms with Gasteiger partial charge in [-0.1, -0.05) is 23.8 Å². The number of sulfonamides is 1. The second-order valence-corrected chi connectivity index (χ2v) is 8.28. The van der Waals surface area contributed by atoms with Crippen LogP contribution in [0.4, 0.5) is 5.69 Å². The first-order valence-corrected chi connectivity index (χ1v) is 10.5. The Morgan fingerprint density at radius 3 is 2.27 bits per heavy atom. The number of pyridine rings is 1. The van der Waals surface area contributed by atoms with Gasteiger partial charge in [-0.3, -0.25) is 30.1 Å². The molecule has 1 aromatic heterocycles. The first-order valence-electron chi connectivity index (χ1n) is 8.97. The Morgan fingerprint density at radius 2 is 1.60 bits per heavy atom. The molecule has 1 heterocycles. The summed E-state index contributed by atoms with van der Waals surface area (Å²) in [5.41, 5.74) is 6.93. The average Bonchev–Trinajstić information content (AvgIpc) is 2.74. The normalized spacial score (nSPS) is 10.9. The van der Waals surface area contributed by atoms with Gasteiger partial charge in [0.1, 0.15) is 0 Å². The predicted octanol–water partition coefficient (Wildman–Crippen LogP) is 2.57. The highest BCUT2D eigenvalue weighted by atomic mass is 32.2. The van der Waals surface area contributed by atoms with Crippen LogP contribution >= 0.6 is 0 Å². The fourth-order valence-electron chi connectivity index (χ4n) is 2.60. The van der Waals surface area contributed by atoms with Gasteiger partial charge in [-0.25, -0.2) is 8.42 Å². The number of nitrogens with zero attached hydrogens (tertiary/aromatic N) is 1. The number of benzene rings is 2. The van der Waals surface area contributed by atoms with E-state index in [4.69, 9.17) is 0 Å². The van der Waals surface area contributed by atoms with E-state index < -0.39 is 21.8 Å². The molecule has 0 saturated carbocycles. The molecule has 3 N–H and O–H groups in total. The Bertz CT molecular complexity index is 1180. The molecule has 154 valence electrons. The first-order chi connectivity index (χ1) is 14.3. The van der Waals surface area contributed by atoms with Crippen molar-refractivity contribution in [2.24, 2.45) is 0 Å². The van der Waals surface area contributed by atoms with E-state index in [9.17, 15) is 18.0 Å². The lowest BCUT2D eigenvalue weighted by atomic mass is 10.1. The molecule has 2 aromatic carbocycles. The van der Waals surface area contributed by atoms with E-state index in [-0.39, 0.29) is 16.0 Å². The smallest absolute Gasteiger partial charge is 0.271 e. The molecule has 3 rings (SSSR count). The van der Waals surface area contributed by atoms with Crippen LogP contribution in [0, 0.1) is 13.8 Å². The molecule has 0 fully saturated rings. The highest BCUT2D eigenvalue weighted by Gasteiger charge is 2.19. The minimum Gasteiger partial charge on any atom is -0.280 e. The van der Waals surface area contributed by atoms with Crippen molar-refractivity contribution in [3.8, 4) is 0 Å². The van der Waals surface area contributed by atoms with Gasteiger partial charge in [-0.05, 0) is 55.8 Å². The van der Waals surface area contributed by atoms with Gasteiger partial charge >= 0.3 is 0 Å². The lowest BCUT2D eigenvalue weighted by molar-refractivity contribution is 0.0846. The van der Waals surface area contributed by atoms with Crippen molar-refractivity contribution in [3.05, 3.63) is 89.2 Å². The predicted molar refractivity (Wildman–Crippen MR) is 112 cm³/mol. The first kappa shape index (κ1) is 21.0. The van der Waals surface area contributed by atoms with Gasteiger partial charge in [0.05, 0.1) is 10.5 Å². The number of rotatable bonds is 5. The van der Waals surface area contributed by atoms with Crippen LogP contribution in [-0.2, 0) is 10.0 Å². The molecule has 0 bridgehead atoms. The molecule has 0 spiro atoms. The maximum Gasteiger partial charge on any atom is 0.271 e. The third-order valence-corrected chi connectivity index (χ3v) is 5.66. The van der Waals surface area contributed by atoms with Gasteiger partial charge in [0.25, 0.3) is 21.8 Å². The van der Waals surface area contributed by atoms with Crippen LogP contribution in [0.5, 0.6) is 0 Å². The molecule has 0 aliphatic rings. The summed E-state index contributed by atoms with van der Waals surface area (Å²) in [7, 11) is -3.90. The summed E-state index contributed by atoms with van der Waals surface area (Å²) in [6, 6.07) is 14.2. The summed E-state index contributed by atoms with van der Waals surface area (Å²) in [5, 5.41) is 0. The number of carbonyl (C=O) groups is 2. The van der Waals surface area contributed by atoms with E-state index in [0.717, 1.165) is 5.56 Å². The van der Waals surface area contributed by atoms with Crippen molar-refractivity contribution in [2.75, 3.05) is 4.72 Å². The van der Waals surface area contributed by atoms with Crippen molar-refractivity contribution >= 4 is 27.5 Å². The van der Waals surface area contributed by atoms with E-state index in [1.807, 2.05) is 6.92 Å². The Labute approximate surface area is 174 Å². The summed E-state index contributed by atoms with van der Waals surface area (Å²) >= 11 is 0. The Balaban J connectivity index is 1.76. The second kappa shape index (κ2) is 8.75. The maximum absolute atomic E-state index is 12.7. The lowest BCUT2D eigenvalue weighted by Crippen LogP contribution is -2.42. The van der Waals surface area contributed by atoms with Gasteiger partial charge in [0.2, 0.25) is 0 Å². The van der Waals surface area contributed by atoms with Gasteiger partial charge in [0.15, 0.2) is 0 Å². The highest BCUT2D eigenvalue weighted by molar-refractivity contribution is 7.92. The fraction of sp³-hybridized carbons (Fsp3) is 0.0952. The highest BCUT2D eigenvalue weighted by Crippen LogP contribution is 2.19. The van der Waals surface area contributed by atoms with Crippen molar-refractivity contribution in [1.29, 1.82) is 0 Å². The number of aryl methyl sites for hydroxylation is 2. The molecule has 0 unspecified atom stereocenters. The van der Waals surface area contributed by atoms with Crippen LogP contribution < -0.4 is 15.6 Å². The fourth-order valence-corrected chi connectivity index (χ4v) is 3.68. The number of aromatic nitrogens is 1. The van der Waals surface area contributed by atoms with Crippen LogP contribution in [0.15, 0.2) is 71.9 Å². The van der Waals surface area contributed by atoms with Crippen LogP contribution in [0.2, 0.25) is 0 Å². The molecule has 8 nitrogen and oxygen atoms in total. The zero-order valence-corrected chi connectivity index (χ0v) is 17.2. The summed E-state index contributed by atoms with van der Waals surface area (Å²) in [4.78, 5) is 28.3. The van der Waals surface area contributed by atoms with E-state index in [1.165, 1.54) is 30.6 Å². The number of amides is 2. The topological polar surface area (TPSA) is 117 Å². The zero-order chi connectivity index (χ0) is 21.7. The number of carbonyl (C=O) groups excluding carboxylic acids is 2. The number of anilines is 1. The molecule has 3 aromatic rings. The molecule has 30 heavy (non-hydrogen) atoms. The molecule has 0 aliphatic heterocycles. The van der Waals surface area contributed by atoms with Crippen molar-refractivity contribution in [1.82, 2.24) is 15.8 Å². The zero-order valence-electron chi connectivity index (χ0n) is 16.3. The third-order valence-electron chi connectivity index (χ3n) is 4.28.